The van der Waals surface area contributed by atoms with Crippen LogP contribution in [-0.2, 0) is 39.6 Å². The van der Waals surface area contributed by atoms with Crippen molar-refractivity contribution < 1.29 is 35.5 Å². The van der Waals surface area contributed by atoms with E-state index in [9.17, 15) is 26.0 Å². The molecule has 0 saturated heterocycles. The third kappa shape index (κ3) is 6.93. The average molecular weight is 671 g/mol. The molecule has 46 heavy (non-hydrogen) atoms. The summed E-state index contributed by atoms with van der Waals surface area (Å²) in [6, 6.07) is 15.1. The Morgan fingerprint density at radius 2 is 1.59 bits per heavy atom. The molecule has 0 radical (unpaired) electrons. The van der Waals surface area contributed by atoms with Gasteiger partial charge in [0.25, 0.3) is 5.91 Å². The summed E-state index contributed by atoms with van der Waals surface area (Å²) in [7, 11) is -2.89. The van der Waals surface area contributed by atoms with Crippen LogP contribution in [0.5, 0.6) is 11.5 Å². The molecule has 0 atom stereocenters. The van der Waals surface area contributed by atoms with Crippen LogP contribution in [0.4, 0.5) is 10.1 Å². The molecule has 0 spiro atoms. The van der Waals surface area contributed by atoms with Crippen LogP contribution in [0.2, 0.25) is 0 Å². The highest BCUT2D eigenvalue weighted by Gasteiger charge is 2.38. The molecule has 0 saturated carbocycles. The third-order valence-electron chi connectivity index (χ3n) is 8.01. The van der Waals surface area contributed by atoms with Crippen molar-refractivity contribution in [3.8, 4) is 11.5 Å². The third-order valence-corrected chi connectivity index (χ3v) is 10.5. The van der Waals surface area contributed by atoms with Gasteiger partial charge in [0.05, 0.1) is 30.9 Å². The summed E-state index contributed by atoms with van der Waals surface area (Å²) < 4.78 is 77.4. The van der Waals surface area contributed by atoms with Crippen LogP contribution < -0.4 is 13.8 Å². The molecule has 1 amide bonds. The smallest absolute Gasteiger partial charge is 0.258 e. The summed E-state index contributed by atoms with van der Waals surface area (Å²) in [5.41, 5.74) is 3.54. The fourth-order valence-corrected chi connectivity index (χ4v) is 6.25. The average Bonchev–Trinajstić information content (AvgIpc) is 3.33. The second-order valence-electron chi connectivity index (χ2n) is 11.3. The van der Waals surface area contributed by atoms with E-state index in [-0.39, 0.29) is 49.1 Å². The molecule has 0 bridgehead atoms. The van der Waals surface area contributed by atoms with Gasteiger partial charge in [-0.2, -0.15) is 0 Å². The summed E-state index contributed by atoms with van der Waals surface area (Å²) in [4.78, 5) is 20.2. The monoisotopic (exact) mass is 670 g/mol. The Balaban J connectivity index is 1.66. The van der Waals surface area contributed by atoms with Gasteiger partial charge in [-0.15, -0.1) is 0 Å². The zero-order valence-corrected chi connectivity index (χ0v) is 27.8. The van der Waals surface area contributed by atoms with Gasteiger partial charge in [-0.3, -0.25) is 14.1 Å². The number of halogens is 1. The first kappa shape index (κ1) is 33.1. The number of sulfonamides is 2. The van der Waals surface area contributed by atoms with Crippen molar-refractivity contribution >= 4 is 42.5 Å². The van der Waals surface area contributed by atoms with Gasteiger partial charge in [-0.05, 0) is 53.4 Å². The Morgan fingerprint density at radius 1 is 0.935 bits per heavy atom. The van der Waals surface area contributed by atoms with Crippen LogP contribution in [0.25, 0.3) is 10.9 Å². The van der Waals surface area contributed by atoms with Crippen molar-refractivity contribution in [2.75, 3.05) is 51.1 Å². The lowest BCUT2D eigenvalue weighted by Gasteiger charge is -2.24. The standard InChI is InChI=1S/C32H35FN4O7S2/c1-35(45(4,39)40)14-15-37-19-27-28(32(37)38)31(44-20-22-8-12-25(43-3)13-9-22)29-26(30(27)36(2)46(5,41)42)17-23(18-34-29)16-21-6-10-24(33)11-7-21/h6-13,17-18H,14-16,19-20H2,1-5H3. The molecule has 11 nitrogen and oxygen atoms in total. The molecule has 1 aromatic heterocycles. The number of carbonyl (C=O) groups excluding carboxylic acids is 1. The number of rotatable bonds is 12. The van der Waals surface area contributed by atoms with Gasteiger partial charge in [-0.1, -0.05) is 24.3 Å². The molecular formula is C32H35FN4O7S2. The Kier molecular flexibility index (Phi) is 9.25. The van der Waals surface area contributed by atoms with Crippen LogP contribution in [0, 0.1) is 5.82 Å². The van der Waals surface area contributed by atoms with Gasteiger partial charge in [0.1, 0.15) is 23.7 Å². The number of anilines is 1. The molecule has 0 fully saturated rings. The zero-order valence-electron chi connectivity index (χ0n) is 26.2. The van der Waals surface area contributed by atoms with E-state index < -0.39 is 26.0 Å². The van der Waals surface area contributed by atoms with Crippen LogP contribution in [-0.4, -0.2) is 83.7 Å². The lowest BCUT2D eigenvalue weighted by Crippen LogP contribution is -2.36. The number of ether oxygens (including phenoxy) is 2. The number of fused-ring (bicyclic) bond motifs is 2. The summed E-state index contributed by atoms with van der Waals surface area (Å²) in [6.07, 6.45) is 4.18. The number of amides is 1. The molecule has 0 aliphatic carbocycles. The summed E-state index contributed by atoms with van der Waals surface area (Å²) in [5.74, 6) is 0.0831. The van der Waals surface area contributed by atoms with Crippen molar-refractivity contribution in [3.05, 3.63) is 94.4 Å². The molecule has 244 valence electrons. The SMILES string of the molecule is COc1ccc(COc2c3c(c(N(C)S(C)(=O)=O)c4cc(Cc5ccc(F)cc5)cnc24)CN(CCN(C)S(C)(=O)=O)C3=O)cc1. The number of hydrogen-bond donors (Lipinski definition) is 0. The molecule has 5 rings (SSSR count). The molecule has 14 heteroatoms. The predicted octanol–water partition coefficient (Wildman–Crippen LogP) is 3.80. The molecular weight excluding hydrogens is 636 g/mol. The van der Waals surface area contributed by atoms with E-state index in [0.29, 0.717) is 28.6 Å². The van der Waals surface area contributed by atoms with Gasteiger partial charge >= 0.3 is 0 Å². The maximum atomic E-state index is 14.0. The minimum atomic E-state index is -3.81. The molecule has 3 aromatic carbocycles. The zero-order chi connectivity index (χ0) is 33.4. The van der Waals surface area contributed by atoms with E-state index in [2.05, 4.69) is 0 Å². The maximum absolute atomic E-state index is 14.0. The molecule has 0 unspecified atom stereocenters. The number of methoxy groups -OCH3 is 1. The van der Waals surface area contributed by atoms with Crippen LogP contribution in [0.15, 0.2) is 60.8 Å². The second-order valence-corrected chi connectivity index (χ2v) is 15.4. The number of likely N-dealkylation sites (N-methyl/N-ethyl adjacent to an activating group) is 1. The number of carbonyl (C=O) groups is 1. The first-order valence-corrected chi connectivity index (χ1v) is 18.0. The number of pyridine rings is 1. The predicted molar refractivity (Wildman–Crippen MR) is 174 cm³/mol. The number of aromatic nitrogens is 1. The quantitative estimate of drug-likeness (QED) is 0.223. The Morgan fingerprint density at radius 3 is 2.20 bits per heavy atom. The topological polar surface area (TPSA) is 126 Å². The Bertz CT molecular complexity index is 2000. The van der Waals surface area contributed by atoms with Crippen molar-refractivity contribution in [2.45, 2.75) is 19.6 Å². The van der Waals surface area contributed by atoms with Gasteiger partial charge in [0.2, 0.25) is 20.0 Å². The summed E-state index contributed by atoms with van der Waals surface area (Å²) in [5, 5.41) is 0.457. The Hall–Kier alpha value is -4.27. The first-order chi connectivity index (χ1) is 21.7. The van der Waals surface area contributed by atoms with Crippen molar-refractivity contribution in [2.24, 2.45) is 0 Å². The fourth-order valence-electron chi connectivity index (χ4n) is 5.29. The number of hydrogen-bond acceptors (Lipinski definition) is 8. The molecule has 0 N–H and O–H groups in total. The highest BCUT2D eigenvalue weighted by Crippen LogP contribution is 2.45. The normalized spacial score (nSPS) is 13.4. The van der Waals surface area contributed by atoms with Gasteiger partial charge in [0, 0.05) is 50.9 Å². The molecule has 2 heterocycles. The highest BCUT2D eigenvalue weighted by atomic mass is 32.2. The summed E-state index contributed by atoms with van der Waals surface area (Å²) in [6.45, 7) is 0.210. The minimum Gasteiger partial charge on any atom is -0.497 e. The second kappa shape index (κ2) is 12.9. The lowest BCUT2D eigenvalue weighted by atomic mass is 9.98. The number of benzene rings is 3. The Labute approximate surface area is 268 Å². The van der Waals surface area contributed by atoms with Crippen molar-refractivity contribution in [1.82, 2.24) is 14.2 Å². The lowest BCUT2D eigenvalue weighted by molar-refractivity contribution is 0.0770. The van der Waals surface area contributed by atoms with Gasteiger partial charge in [0.15, 0.2) is 5.75 Å². The maximum Gasteiger partial charge on any atom is 0.258 e. The van der Waals surface area contributed by atoms with E-state index in [1.54, 1.807) is 37.6 Å². The van der Waals surface area contributed by atoms with E-state index in [4.69, 9.17) is 14.5 Å². The number of nitrogens with zero attached hydrogens (tertiary/aromatic N) is 4. The van der Waals surface area contributed by atoms with E-state index in [0.717, 1.165) is 37.8 Å². The van der Waals surface area contributed by atoms with Gasteiger partial charge in [-0.25, -0.2) is 25.5 Å². The van der Waals surface area contributed by atoms with Crippen LogP contribution >= 0.6 is 0 Å². The molecule has 1 aliphatic heterocycles. The van der Waals surface area contributed by atoms with E-state index in [1.165, 1.54) is 31.1 Å². The largest absolute Gasteiger partial charge is 0.497 e. The van der Waals surface area contributed by atoms with Crippen molar-refractivity contribution in [1.29, 1.82) is 0 Å². The fraction of sp³-hybridized carbons (Fsp3) is 0.312. The molecule has 4 aromatic rings. The molecule has 1 aliphatic rings. The van der Waals surface area contributed by atoms with Crippen LogP contribution in [0.3, 0.4) is 0 Å². The van der Waals surface area contributed by atoms with E-state index in [1.807, 2.05) is 18.2 Å². The van der Waals surface area contributed by atoms with Crippen molar-refractivity contribution in [3.63, 3.8) is 0 Å². The minimum absolute atomic E-state index is 0.0258. The summed E-state index contributed by atoms with van der Waals surface area (Å²) >= 11 is 0. The first-order valence-electron chi connectivity index (χ1n) is 14.3. The van der Waals surface area contributed by atoms with Gasteiger partial charge < -0.3 is 14.4 Å². The van der Waals surface area contributed by atoms with E-state index >= 15 is 0 Å². The van der Waals surface area contributed by atoms with Crippen LogP contribution in [0.1, 0.15) is 32.6 Å². The highest BCUT2D eigenvalue weighted by molar-refractivity contribution is 7.92.